The summed E-state index contributed by atoms with van der Waals surface area (Å²) in [5, 5.41) is 3.01. The van der Waals surface area contributed by atoms with Gasteiger partial charge >= 0.3 is 0 Å². The van der Waals surface area contributed by atoms with Crippen LogP contribution >= 0.6 is 11.3 Å². The lowest BCUT2D eigenvalue weighted by Crippen LogP contribution is -2.40. The van der Waals surface area contributed by atoms with Gasteiger partial charge in [0.25, 0.3) is 0 Å². The van der Waals surface area contributed by atoms with Crippen molar-refractivity contribution >= 4 is 17.2 Å². The minimum atomic E-state index is 0.208. The molecule has 1 saturated heterocycles. The second-order valence-electron chi connectivity index (χ2n) is 5.02. The summed E-state index contributed by atoms with van der Waals surface area (Å²) in [4.78, 5) is 18.5. The molecular weight excluding hydrogens is 260 g/mol. The molecule has 0 bridgehead atoms. The zero-order valence-electron chi connectivity index (χ0n) is 11.7. The Hall–Kier alpha value is -0.940. The molecule has 0 saturated carbocycles. The predicted octanol–water partition coefficient (Wildman–Crippen LogP) is 2.27. The predicted molar refractivity (Wildman–Crippen MR) is 76.4 cm³/mol. The molecule has 5 heteroatoms. The summed E-state index contributed by atoms with van der Waals surface area (Å²) >= 11 is 1.60. The number of likely N-dealkylation sites (tertiary alicyclic amines) is 1. The summed E-state index contributed by atoms with van der Waals surface area (Å²) in [5.41, 5.74) is 0.906. The number of aromatic nitrogens is 1. The van der Waals surface area contributed by atoms with Crippen LogP contribution in [0.25, 0.3) is 0 Å². The largest absolute Gasteiger partial charge is 0.381 e. The summed E-state index contributed by atoms with van der Waals surface area (Å²) < 4.78 is 5.46. The van der Waals surface area contributed by atoms with Gasteiger partial charge in [-0.3, -0.25) is 4.79 Å². The fraction of sp³-hybridized carbons (Fsp3) is 0.714. The zero-order chi connectivity index (χ0) is 13.7. The van der Waals surface area contributed by atoms with Gasteiger partial charge in [0.15, 0.2) is 0 Å². The van der Waals surface area contributed by atoms with Crippen LogP contribution in [0, 0.1) is 12.8 Å². The highest BCUT2D eigenvalue weighted by molar-refractivity contribution is 7.09. The molecule has 0 spiro atoms. The van der Waals surface area contributed by atoms with Crippen molar-refractivity contribution in [2.24, 2.45) is 5.92 Å². The second kappa shape index (κ2) is 7.01. The van der Waals surface area contributed by atoms with Crippen LogP contribution in [0.5, 0.6) is 0 Å². The zero-order valence-corrected chi connectivity index (χ0v) is 12.5. The maximum absolute atomic E-state index is 12.2. The molecule has 19 heavy (non-hydrogen) atoms. The van der Waals surface area contributed by atoms with Crippen LogP contribution in [0.1, 0.15) is 30.5 Å². The first-order valence-electron chi connectivity index (χ1n) is 6.95. The Balaban J connectivity index is 1.76. The Morgan fingerprint density at radius 3 is 2.84 bits per heavy atom. The highest BCUT2D eigenvalue weighted by Gasteiger charge is 2.23. The van der Waals surface area contributed by atoms with E-state index in [0.717, 1.165) is 49.8 Å². The molecule has 0 aliphatic carbocycles. The molecule has 0 atom stereocenters. The number of ether oxygens (including phenoxy) is 1. The maximum atomic E-state index is 12.2. The van der Waals surface area contributed by atoms with Crippen molar-refractivity contribution < 1.29 is 9.53 Å². The van der Waals surface area contributed by atoms with Gasteiger partial charge in [-0.1, -0.05) is 0 Å². The smallest absolute Gasteiger partial charge is 0.228 e. The normalized spacial score (nSPS) is 16.8. The Labute approximate surface area is 118 Å². The summed E-state index contributed by atoms with van der Waals surface area (Å²) in [6.45, 7) is 7.33. The van der Waals surface area contributed by atoms with Crippen molar-refractivity contribution in [1.82, 2.24) is 9.88 Å². The van der Waals surface area contributed by atoms with E-state index in [1.165, 1.54) is 0 Å². The van der Waals surface area contributed by atoms with E-state index >= 15 is 0 Å². The van der Waals surface area contributed by atoms with Crippen LogP contribution in [0.3, 0.4) is 0 Å². The number of rotatable bonds is 5. The molecule has 0 radical (unpaired) electrons. The Morgan fingerprint density at radius 1 is 1.53 bits per heavy atom. The lowest BCUT2D eigenvalue weighted by atomic mass is 9.97. The molecule has 2 heterocycles. The van der Waals surface area contributed by atoms with E-state index in [4.69, 9.17) is 4.74 Å². The molecule has 1 amide bonds. The van der Waals surface area contributed by atoms with Gasteiger partial charge in [-0.2, -0.15) is 0 Å². The molecule has 1 aliphatic heterocycles. The number of amides is 1. The number of carbonyl (C=O) groups is 1. The topological polar surface area (TPSA) is 42.4 Å². The minimum Gasteiger partial charge on any atom is -0.381 e. The van der Waals surface area contributed by atoms with Crippen molar-refractivity contribution in [3.63, 3.8) is 0 Å². The third-order valence-corrected chi connectivity index (χ3v) is 4.35. The number of thiazole rings is 1. The number of hydrogen-bond donors (Lipinski definition) is 0. The van der Waals surface area contributed by atoms with E-state index in [9.17, 15) is 4.79 Å². The van der Waals surface area contributed by atoms with Gasteiger partial charge in [-0.15, -0.1) is 11.3 Å². The van der Waals surface area contributed by atoms with Gasteiger partial charge in [-0.25, -0.2) is 4.98 Å². The SMILES string of the molecule is CCOCC1CCN(C(=O)Cc2csc(C)n2)CC1. The number of piperidine rings is 1. The molecule has 106 valence electrons. The molecule has 4 nitrogen and oxygen atoms in total. The molecule has 0 unspecified atom stereocenters. The molecule has 1 aromatic heterocycles. The Kier molecular flexibility index (Phi) is 5.34. The van der Waals surface area contributed by atoms with E-state index in [2.05, 4.69) is 4.98 Å². The average Bonchev–Trinajstić information content (AvgIpc) is 2.82. The molecule has 0 N–H and O–H groups in total. The summed E-state index contributed by atoms with van der Waals surface area (Å²) in [7, 11) is 0. The maximum Gasteiger partial charge on any atom is 0.228 e. The van der Waals surface area contributed by atoms with Crippen LogP contribution in [0.4, 0.5) is 0 Å². The lowest BCUT2D eigenvalue weighted by molar-refractivity contribution is -0.132. The quantitative estimate of drug-likeness (QED) is 0.832. The first-order valence-corrected chi connectivity index (χ1v) is 7.83. The van der Waals surface area contributed by atoms with Crippen LogP contribution in [-0.2, 0) is 16.0 Å². The summed E-state index contributed by atoms with van der Waals surface area (Å²) in [6.07, 6.45) is 2.56. The van der Waals surface area contributed by atoms with E-state index in [-0.39, 0.29) is 5.91 Å². The number of aryl methyl sites for hydroxylation is 1. The Bertz CT molecular complexity index is 411. The van der Waals surface area contributed by atoms with Crippen LogP contribution in [-0.4, -0.2) is 42.1 Å². The van der Waals surface area contributed by atoms with Crippen molar-refractivity contribution in [2.75, 3.05) is 26.3 Å². The van der Waals surface area contributed by atoms with Gasteiger partial charge in [0.05, 0.1) is 17.1 Å². The third kappa shape index (κ3) is 4.28. The highest BCUT2D eigenvalue weighted by Crippen LogP contribution is 2.18. The van der Waals surface area contributed by atoms with Crippen LogP contribution in [0.15, 0.2) is 5.38 Å². The average molecular weight is 282 g/mol. The fourth-order valence-electron chi connectivity index (χ4n) is 2.39. The minimum absolute atomic E-state index is 0.208. The standard InChI is InChI=1S/C14H22N2O2S/c1-3-18-9-12-4-6-16(7-5-12)14(17)8-13-10-19-11(2)15-13/h10,12H,3-9H2,1-2H3. The molecule has 1 aromatic rings. The Morgan fingerprint density at radius 2 is 2.26 bits per heavy atom. The van der Waals surface area contributed by atoms with Crippen molar-refractivity contribution in [1.29, 1.82) is 0 Å². The van der Waals surface area contributed by atoms with Crippen molar-refractivity contribution in [2.45, 2.75) is 33.1 Å². The van der Waals surface area contributed by atoms with Crippen LogP contribution in [0.2, 0.25) is 0 Å². The number of carbonyl (C=O) groups excluding carboxylic acids is 1. The van der Waals surface area contributed by atoms with Gasteiger partial charge in [0.2, 0.25) is 5.91 Å². The summed E-state index contributed by atoms with van der Waals surface area (Å²) in [6, 6.07) is 0. The van der Waals surface area contributed by atoms with Crippen molar-refractivity contribution in [3.05, 3.63) is 16.1 Å². The molecule has 2 rings (SSSR count). The molecular formula is C14H22N2O2S. The van der Waals surface area contributed by atoms with Gasteiger partial charge < -0.3 is 9.64 Å². The molecule has 1 fully saturated rings. The van der Waals surface area contributed by atoms with E-state index in [0.29, 0.717) is 12.3 Å². The third-order valence-electron chi connectivity index (χ3n) is 3.52. The van der Waals surface area contributed by atoms with E-state index in [1.54, 1.807) is 11.3 Å². The van der Waals surface area contributed by atoms with Crippen molar-refractivity contribution in [3.8, 4) is 0 Å². The first-order chi connectivity index (χ1) is 9.19. The van der Waals surface area contributed by atoms with Gasteiger partial charge in [0, 0.05) is 31.7 Å². The number of hydrogen-bond acceptors (Lipinski definition) is 4. The molecule has 1 aliphatic rings. The van der Waals surface area contributed by atoms with Gasteiger partial charge in [-0.05, 0) is 32.6 Å². The summed E-state index contributed by atoms with van der Waals surface area (Å²) in [5.74, 6) is 0.825. The van der Waals surface area contributed by atoms with Crippen LogP contribution < -0.4 is 0 Å². The second-order valence-corrected chi connectivity index (χ2v) is 6.08. The van der Waals surface area contributed by atoms with E-state index in [1.807, 2.05) is 24.1 Å². The van der Waals surface area contributed by atoms with Gasteiger partial charge in [0.1, 0.15) is 0 Å². The highest BCUT2D eigenvalue weighted by atomic mass is 32.1. The van der Waals surface area contributed by atoms with E-state index < -0.39 is 0 Å². The first kappa shape index (κ1) is 14.5. The lowest BCUT2D eigenvalue weighted by Gasteiger charge is -2.31. The molecule has 0 aromatic carbocycles. The fourth-order valence-corrected chi connectivity index (χ4v) is 3.00. The number of nitrogens with zero attached hydrogens (tertiary/aromatic N) is 2. The monoisotopic (exact) mass is 282 g/mol.